The Morgan fingerprint density at radius 1 is 0.302 bits per heavy atom. The van der Waals surface area contributed by atoms with E-state index in [2.05, 4.69) is 34.6 Å². The third-order valence-corrected chi connectivity index (χ3v) is 13.0. The van der Waals surface area contributed by atoms with Crippen molar-refractivity contribution in [3.05, 3.63) is 0 Å². The van der Waals surface area contributed by atoms with Crippen LogP contribution in [0.15, 0.2) is 0 Å². The van der Waals surface area contributed by atoms with E-state index >= 15 is 0 Å². The van der Waals surface area contributed by atoms with Crippen molar-refractivity contribution in [3.8, 4) is 0 Å². The lowest BCUT2D eigenvalue weighted by Crippen LogP contribution is -2.30. The normalized spacial score (nSPS) is 12.0. The summed E-state index contributed by atoms with van der Waals surface area (Å²) in [5.74, 6) is 0.808. The van der Waals surface area contributed by atoms with Crippen LogP contribution in [0.1, 0.15) is 317 Å². The Morgan fingerprint density at radius 2 is 0.524 bits per heavy atom. The van der Waals surface area contributed by atoms with Gasteiger partial charge in [0.2, 0.25) is 0 Å². The Hall–Kier alpha value is -1.59. The van der Waals surface area contributed by atoms with Gasteiger partial charge in [0, 0.05) is 19.3 Å². The van der Waals surface area contributed by atoms with Crippen molar-refractivity contribution in [1.29, 1.82) is 0 Å². The van der Waals surface area contributed by atoms with Crippen LogP contribution in [0.25, 0.3) is 0 Å². The molecule has 0 aromatic rings. The van der Waals surface area contributed by atoms with Gasteiger partial charge in [-0.1, -0.05) is 279 Å². The number of ether oxygens (including phenoxy) is 3. The molecule has 374 valence electrons. The standard InChI is InChI=1S/C57H110O6/c1-6-7-8-9-10-11-12-19-23-26-32-37-42-47-55(58)61-50-54(63-57(60)49-44-39-34-29-28-31-36-41-46-53(4)5)51-62-56(59)48-43-38-33-27-24-21-18-16-14-13-15-17-20-22-25-30-35-40-45-52(2)3/h52-54H,6-51H2,1-5H3/t54-/m0/s1. The third-order valence-electron chi connectivity index (χ3n) is 13.0. The van der Waals surface area contributed by atoms with Crippen molar-refractivity contribution in [2.45, 2.75) is 323 Å². The van der Waals surface area contributed by atoms with Crippen LogP contribution < -0.4 is 0 Å². The van der Waals surface area contributed by atoms with E-state index in [1.54, 1.807) is 0 Å². The second kappa shape index (κ2) is 49.8. The second-order valence-electron chi connectivity index (χ2n) is 20.5. The van der Waals surface area contributed by atoms with Gasteiger partial charge in [-0.15, -0.1) is 0 Å². The first-order valence-corrected chi connectivity index (χ1v) is 28.2. The van der Waals surface area contributed by atoms with E-state index in [1.807, 2.05) is 0 Å². The number of carbonyl (C=O) groups is 3. The highest BCUT2D eigenvalue weighted by atomic mass is 16.6. The molecule has 0 fully saturated rings. The van der Waals surface area contributed by atoms with Crippen LogP contribution in [0.4, 0.5) is 0 Å². The van der Waals surface area contributed by atoms with Gasteiger partial charge in [-0.05, 0) is 31.1 Å². The van der Waals surface area contributed by atoms with Crippen molar-refractivity contribution < 1.29 is 28.6 Å². The Kier molecular flexibility index (Phi) is 48.6. The topological polar surface area (TPSA) is 78.9 Å². The molecule has 0 aliphatic carbocycles. The van der Waals surface area contributed by atoms with Crippen molar-refractivity contribution >= 4 is 17.9 Å². The first-order valence-electron chi connectivity index (χ1n) is 28.2. The Labute approximate surface area is 393 Å². The molecule has 0 aliphatic heterocycles. The van der Waals surface area contributed by atoms with E-state index in [-0.39, 0.29) is 31.1 Å². The number of esters is 3. The van der Waals surface area contributed by atoms with Crippen LogP contribution in [-0.4, -0.2) is 37.2 Å². The summed E-state index contributed by atoms with van der Waals surface area (Å²) in [6.07, 6.45) is 52.5. The minimum atomic E-state index is -0.762. The van der Waals surface area contributed by atoms with E-state index in [0.29, 0.717) is 19.3 Å². The van der Waals surface area contributed by atoms with Crippen molar-refractivity contribution in [1.82, 2.24) is 0 Å². The average molecular weight is 892 g/mol. The molecule has 0 aromatic carbocycles. The third kappa shape index (κ3) is 51.3. The first-order chi connectivity index (χ1) is 30.7. The molecule has 0 bridgehead atoms. The van der Waals surface area contributed by atoms with Gasteiger partial charge < -0.3 is 14.2 Å². The highest BCUT2D eigenvalue weighted by Gasteiger charge is 2.19. The molecule has 0 saturated heterocycles. The smallest absolute Gasteiger partial charge is 0.306 e. The largest absolute Gasteiger partial charge is 0.462 e. The van der Waals surface area contributed by atoms with Crippen molar-refractivity contribution in [2.24, 2.45) is 11.8 Å². The number of hydrogen-bond acceptors (Lipinski definition) is 6. The summed E-state index contributed by atoms with van der Waals surface area (Å²) in [6, 6.07) is 0. The van der Waals surface area contributed by atoms with Crippen molar-refractivity contribution in [2.75, 3.05) is 13.2 Å². The lowest BCUT2D eigenvalue weighted by Gasteiger charge is -2.18. The molecule has 0 radical (unpaired) electrons. The molecule has 0 unspecified atom stereocenters. The maximum atomic E-state index is 12.8. The molecule has 0 saturated carbocycles. The zero-order valence-electron chi connectivity index (χ0n) is 43.2. The maximum Gasteiger partial charge on any atom is 0.306 e. The molecule has 0 rings (SSSR count). The van der Waals surface area contributed by atoms with E-state index in [0.717, 1.165) is 69.6 Å². The molecular formula is C57H110O6. The fraction of sp³-hybridized carbons (Fsp3) is 0.947. The molecule has 0 amide bonds. The minimum Gasteiger partial charge on any atom is -0.462 e. The van der Waals surface area contributed by atoms with E-state index in [4.69, 9.17) is 14.2 Å². The summed E-state index contributed by atoms with van der Waals surface area (Å²) in [5.41, 5.74) is 0. The molecule has 0 N–H and O–H groups in total. The zero-order chi connectivity index (χ0) is 46.1. The number of rotatable bonds is 51. The average Bonchev–Trinajstić information content (AvgIpc) is 3.25. The molecular weight excluding hydrogens is 781 g/mol. The fourth-order valence-corrected chi connectivity index (χ4v) is 8.70. The van der Waals surface area contributed by atoms with Crippen LogP contribution >= 0.6 is 0 Å². The zero-order valence-corrected chi connectivity index (χ0v) is 43.2. The predicted molar refractivity (Wildman–Crippen MR) is 270 cm³/mol. The highest BCUT2D eigenvalue weighted by Crippen LogP contribution is 2.18. The summed E-state index contributed by atoms with van der Waals surface area (Å²) in [7, 11) is 0. The van der Waals surface area contributed by atoms with Crippen LogP contribution in [-0.2, 0) is 28.6 Å². The lowest BCUT2D eigenvalue weighted by atomic mass is 10.0. The summed E-state index contributed by atoms with van der Waals surface area (Å²) >= 11 is 0. The van der Waals surface area contributed by atoms with E-state index < -0.39 is 6.10 Å². The maximum absolute atomic E-state index is 12.8. The molecule has 6 nitrogen and oxygen atoms in total. The molecule has 63 heavy (non-hydrogen) atoms. The van der Waals surface area contributed by atoms with Gasteiger partial charge in [-0.3, -0.25) is 14.4 Å². The number of unbranched alkanes of at least 4 members (excludes halogenated alkanes) is 36. The monoisotopic (exact) mass is 891 g/mol. The summed E-state index contributed by atoms with van der Waals surface area (Å²) < 4.78 is 16.8. The molecule has 0 aliphatic rings. The van der Waals surface area contributed by atoms with Crippen LogP contribution in [0, 0.1) is 11.8 Å². The minimum absolute atomic E-state index is 0.0634. The van der Waals surface area contributed by atoms with E-state index in [1.165, 1.54) is 205 Å². The summed E-state index contributed by atoms with van der Waals surface area (Å²) in [5, 5.41) is 0. The van der Waals surface area contributed by atoms with E-state index in [9.17, 15) is 14.4 Å². The van der Waals surface area contributed by atoms with Crippen molar-refractivity contribution in [3.63, 3.8) is 0 Å². The summed E-state index contributed by atoms with van der Waals surface area (Å²) in [4.78, 5) is 38.0. The SMILES string of the molecule is CCCCCCCCCCCCCCCC(=O)OC[C@@H](COC(=O)CCCCCCCCCCCCCCCCCCCCC(C)C)OC(=O)CCCCCCCCCCC(C)C. The molecule has 6 heteroatoms. The Bertz CT molecular complexity index is 962. The van der Waals surface area contributed by atoms with Gasteiger partial charge in [0.05, 0.1) is 0 Å². The van der Waals surface area contributed by atoms with Gasteiger partial charge in [-0.2, -0.15) is 0 Å². The van der Waals surface area contributed by atoms with Gasteiger partial charge >= 0.3 is 17.9 Å². The van der Waals surface area contributed by atoms with Gasteiger partial charge in [0.1, 0.15) is 13.2 Å². The molecule has 0 aromatic heterocycles. The van der Waals surface area contributed by atoms with Gasteiger partial charge in [0.15, 0.2) is 6.10 Å². The number of carbonyl (C=O) groups excluding carboxylic acids is 3. The Morgan fingerprint density at radius 3 is 0.778 bits per heavy atom. The first kappa shape index (κ1) is 61.4. The molecule has 0 heterocycles. The van der Waals surface area contributed by atoms with Crippen LogP contribution in [0.5, 0.6) is 0 Å². The second-order valence-corrected chi connectivity index (χ2v) is 20.5. The van der Waals surface area contributed by atoms with Crippen LogP contribution in [0.2, 0.25) is 0 Å². The lowest BCUT2D eigenvalue weighted by molar-refractivity contribution is -0.167. The summed E-state index contributed by atoms with van der Waals surface area (Å²) in [6.45, 7) is 11.4. The van der Waals surface area contributed by atoms with Crippen LogP contribution in [0.3, 0.4) is 0 Å². The highest BCUT2D eigenvalue weighted by molar-refractivity contribution is 5.71. The number of hydrogen-bond donors (Lipinski definition) is 0. The molecule has 0 spiro atoms. The predicted octanol–water partition coefficient (Wildman–Crippen LogP) is 18.5. The Balaban J connectivity index is 4.20. The van der Waals surface area contributed by atoms with Gasteiger partial charge in [0.25, 0.3) is 0 Å². The van der Waals surface area contributed by atoms with Gasteiger partial charge in [-0.25, -0.2) is 0 Å². The fourth-order valence-electron chi connectivity index (χ4n) is 8.70. The quantitative estimate of drug-likeness (QED) is 0.0344. The molecule has 1 atom stereocenters.